The molecule has 0 fully saturated rings. The molecule has 2 aromatic heterocycles. The van der Waals surface area contributed by atoms with Crippen LogP contribution in [0.4, 0.5) is 5.95 Å². The Labute approximate surface area is 86.0 Å². The van der Waals surface area contributed by atoms with E-state index in [1.54, 1.807) is 31.0 Å². The molecule has 0 aromatic carbocycles. The second-order valence-corrected chi connectivity index (χ2v) is 3.07. The Morgan fingerprint density at radius 2 is 2.33 bits per heavy atom. The van der Waals surface area contributed by atoms with Crippen molar-refractivity contribution in [1.82, 2.24) is 19.7 Å². The van der Waals surface area contributed by atoms with Crippen molar-refractivity contribution in [3.63, 3.8) is 0 Å². The predicted octanol–water partition coefficient (Wildman–Crippen LogP) is 0.212. The van der Waals surface area contributed by atoms with E-state index in [2.05, 4.69) is 20.4 Å². The molecule has 0 spiro atoms. The Hall–Kier alpha value is -2.11. The van der Waals surface area contributed by atoms with Gasteiger partial charge in [0.25, 0.3) is 5.56 Å². The van der Waals surface area contributed by atoms with E-state index in [0.717, 1.165) is 5.69 Å². The van der Waals surface area contributed by atoms with Gasteiger partial charge in [0.05, 0.1) is 11.4 Å². The summed E-state index contributed by atoms with van der Waals surface area (Å²) in [5, 5.41) is 6.82. The lowest BCUT2D eigenvalue weighted by atomic mass is 10.3. The van der Waals surface area contributed by atoms with Gasteiger partial charge in [-0.25, -0.2) is 4.98 Å². The summed E-state index contributed by atoms with van der Waals surface area (Å²) in [6, 6.07) is 3.25. The normalized spacial score (nSPS) is 10.3. The van der Waals surface area contributed by atoms with Crippen LogP contribution in [0.25, 0.3) is 11.4 Å². The molecule has 0 amide bonds. The van der Waals surface area contributed by atoms with Crippen molar-refractivity contribution in [2.45, 2.75) is 0 Å². The summed E-state index contributed by atoms with van der Waals surface area (Å²) in [6.45, 7) is 0. The Morgan fingerprint density at radius 3 is 2.93 bits per heavy atom. The van der Waals surface area contributed by atoms with E-state index in [9.17, 15) is 4.79 Å². The first-order valence-corrected chi connectivity index (χ1v) is 4.48. The highest BCUT2D eigenvalue weighted by Crippen LogP contribution is 2.13. The van der Waals surface area contributed by atoms with Crippen LogP contribution in [0.1, 0.15) is 0 Å². The van der Waals surface area contributed by atoms with Crippen LogP contribution in [0, 0.1) is 0 Å². The third kappa shape index (κ3) is 1.74. The molecule has 2 rings (SSSR count). The number of anilines is 1. The van der Waals surface area contributed by atoms with Crippen molar-refractivity contribution in [1.29, 1.82) is 0 Å². The molecule has 0 saturated carbocycles. The van der Waals surface area contributed by atoms with Crippen LogP contribution >= 0.6 is 0 Å². The van der Waals surface area contributed by atoms with Gasteiger partial charge >= 0.3 is 0 Å². The molecule has 0 radical (unpaired) electrons. The van der Waals surface area contributed by atoms with Gasteiger partial charge in [0.1, 0.15) is 0 Å². The standard InChI is InChI=1S/C9H11N5O/c1-10-9-12-6(5-8(15)13-9)7-3-4-11-14(7)2/h3-5H,1-2H3,(H2,10,12,13,15). The van der Waals surface area contributed by atoms with E-state index in [4.69, 9.17) is 0 Å². The maximum atomic E-state index is 11.3. The average Bonchev–Trinajstić information content (AvgIpc) is 2.63. The highest BCUT2D eigenvalue weighted by atomic mass is 16.1. The van der Waals surface area contributed by atoms with Gasteiger partial charge in [-0.15, -0.1) is 0 Å². The first kappa shape index (κ1) is 9.45. The molecule has 6 nitrogen and oxygen atoms in total. The maximum absolute atomic E-state index is 11.3. The molecule has 0 unspecified atom stereocenters. The van der Waals surface area contributed by atoms with Crippen molar-refractivity contribution in [3.05, 3.63) is 28.7 Å². The molecule has 0 saturated heterocycles. The molecule has 0 aliphatic heterocycles. The molecule has 0 aliphatic rings. The van der Waals surface area contributed by atoms with Crippen LogP contribution in [0.3, 0.4) is 0 Å². The van der Waals surface area contributed by atoms with E-state index >= 15 is 0 Å². The summed E-state index contributed by atoms with van der Waals surface area (Å²) in [6.07, 6.45) is 1.66. The fourth-order valence-corrected chi connectivity index (χ4v) is 1.33. The van der Waals surface area contributed by atoms with Gasteiger partial charge < -0.3 is 5.32 Å². The minimum absolute atomic E-state index is 0.189. The molecule has 0 bridgehead atoms. The highest BCUT2D eigenvalue weighted by Gasteiger charge is 2.06. The summed E-state index contributed by atoms with van der Waals surface area (Å²) < 4.78 is 1.67. The molecule has 0 aliphatic carbocycles. The summed E-state index contributed by atoms with van der Waals surface area (Å²) in [5.74, 6) is 0.443. The van der Waals surface area contributed by atoms with Gasteiger partial charge in [-0.2, -0.15) is 5.10 Å². The zero-order valence-corrected chi connectivity index (χ0v) is 8.48. The van der Waals surface area contributed by atoms with Crippen LogP contribution in [0.15, 0.2) is 23.1 Å². The van der Waals surface area contributed by atoms with Gasteiger partial charge in [0, 0.05) is 26.4 Å². The minimum Gasteiger partial charge on any atom is -0.359 e. The number of nitrogens with zero attached hydrogens (tertiary/aromatic N) is 3. The maximum Gasteiger partial charge on any atom is 0.252 e. The molecule has 78 valence electrons. The number of H-pyrrole nitrogens is 1. The predicted molar refractivity (Wildman–Crippen MR) is 56.6 cm³/mol. The van der Waals surface area contributed by atoms with E-state index in [0.29, 0.717) is 11.6 Å². The van der Waals surface area contributed by atoms with E-state index in [-0.39, 0.29) is 5.56 Å². The van der Waals surface area contributed by atoms with Crippen molar-refractivity contribution in [2.24, 2.45) is 7.05 Å². The molecule has 15 heavy (non-hydrogen) atoms. The van der Waals surface area contributed by atoms with E-state index in [1.807, 2.05) is 0 Å². The second-order valence-electron chi connectivity index (χ2n) is 3.07. The average molecular weight is 205 g/mol. The van der Waals surface area contributed by atoms with Crippen molar-refractivity contribution in [3.8, 4) is 11.4 Å². The molecule has 6 heteroatoms. The number of nitrogens with one attached hydrogen (secondary N) is 2. The molecule has 0 atom stereocenters. The molecule has 2 N–H and O–H groups in total. The molecule has 2 aromatic rings. The van der Waals surface area contributed by atoms with Gasteiger partial charge in [-0.05, 0) is 6.07 Å². The summed E-state index contributed by atoms with van der Waals surface area (Å²) >= 11 is 0. The minimum atomic E-state index is -0.189. The SMILES string of the molecule is CNc1nc(-c2ccnn2C)cc(=O)[nH]1. The summed E-state index contributed by atoms with van der Waals surface area (Å²) in [5.41, 5.74) is 1.21. The van der Waals surface area contributed by atoms with Gasteiger partial charge in [0.15, 0.2) is 0 Å². The lowest BCUT2D eigenvalue weighted by Crippen LogP contribution is -2.11. The first-order valence-electron chi connectivity index (χ1n) is 4.48. The molecule has 2 heterocycles. The largest absolute Gasteiger partial charge is 0.359 e. The van der Waals surface area contributed by atoms with Crippen LogP contribution in [0.2, 0.25) is 0 Å². The Kier molecular flexibility index (Phi) is 2.24. The third-order valence-corrected chi connectivity index (χ3v) is 2.06. The lowest BCUT2D eigenvalue weighted by molar-refractivity contribution is 0.773. The zero-order chi connectivity index (χ0) is 10.8. The second kappa shape index (κ2) is 3.56. The van der Waals surface area contributed by atoms with Gasteiger partial charge in [0.2, 0.25) is 5.95 Å². The molecular formula is C9H11N5O. The smallest absolute Gasteiger partial charge is 0.252 e. The van der Waals surface area contributed by atoms with Gasteiger partial charge in [-0.1, -0.05) is 0 Å². The highest BCUT2D eigenvalue weighted by molar-refractivity contribution is 5.55. The fraction of sp³-hybridized carbons (Fsp3) is 0.222. The van der Waals surface area contributed by atoms with E-state index in [1.165, 1.54) is 6.07 Å². The Morgan fingerprint density at radius 1 is 1.53 bits per heavy atom. The van der Waals surface area contributed by atoms with E-state index < -0.39 is 0 Å². The topological polar surface area (TPSA) is 75.6 Å². The number of aromatic nitrogens is 4. The Bertz CT molecular complexity index is 527. The summed E-state index contributed by atoms with van der Waals surface area (Å²) in [7, 11) is 3.50. The van der Waals surface area contributed by atoms with Crippen molar-refractivity contribution in [2.75, 3.05) is 12.4 Å². The Balaban J connectivity index is 2.58. The summed E-state index contributed by atoms with van der Waals surface area (Å²) in [4.78, 5) is 18.1. The zero-order valence-electron chi connectivity index (χ0n) is 8.48. The first-order chi connectivity index (χ1) is 7.20. The third-order valence-electron chi connectivity index (χ3n) is 2.06. The van der Waals surface area contributed by atoms with Crippen LogP contribution in [-0.4, -0.2) is 26.8 Å². The number of aryl methyl sites for hydroxylation is 1. The van der Waals surface area contributed by atoms with Crippen molar-refractivity contribution >= 4 is 5.95 Å². The number of aromatic amines is 1. The van der Waals surface area contributed by atoms with Gasteiger partial charge in [-0.3, -0.25) is 14.5 Å². The fourth-order valence-electron chi connectivity index (χ4n) is 1.33. The van der Waals surface area contributed by atoms with Crippen LogP contribution in [-0.2, 0) is 7.05 Å². The number of rotatable bonds is 2. The molecular weight excluding hydrogens is 194 g/mol. The number of hydrogen-bond acceptors (Lipinski definition) is 4. The monoisotopic (exact) mass is 205 g/mol. The quantitative estimate of drug-likeness (QED) is 0.735. The number of hydrogen-bond donors (Lipinski definition) is 2. The lowest BCUT2D eigenvalue weighted by Gasteiger charge is -2.03. The van der Waals surface area contributed by atoms with Crippen molar-refractivity contribution < 1.29 is 0 Å². The van der Waals surface area contributed by atoms with Crippen LogP contribution in [0.5, 0.6) is 0 Å². The van der Waals surface area contributed by atoms with Crippen LogP contribution < -0.4 is 10.9 Å².